The zero-order valence-electron chi connectivity index (χ0n) is 12.2. The Morgan fingerprint density at radius 2 is 1.80 bits per heavy atom. The number of ether oxygens (including phenoxy) is 1. The van der Waals surface area contributed by atoms with E-state index in [2.05, 4.69) is 42.6 Å². The number of rotatable bonds is 6. The van der Waals surface area contributed by atoms with Gasteiger partial charge in [0, 0.05) is 16.7 Å². The van der Waals surface area contributed by atoms with Crippen LogP contribution in [-0.2, 0) is 0 Å². The van der Waals surface area contributed by atoms with Crippen LogP contribution in [0.4, 0.5) is 0 Å². The van der Waals surface area contributed by atoms with E-state index in [-0.39, 0.29) is 0 Å². The number of hydrogen-bond acceptors (Lipinski definition) is 3. The first-order valence-electron chi connectivity index (χ1n) is 6.74. The smallest absolute Gasteiger partial charge is 0.132 e. The predicted octanol–water partition coefficient (Wildman–Crippen LogP) is 4.06. The highest BCUT2D eigenvalue weighted by Gasteiger charge is 2.11. The monoisotopic (exact) mass is 287 g/mol. The van der Waals surface area contributed by atoms with Gasteiger partial charge in [-0.15, -0.1) is 11.8 Å². The van der Waals surface area contributed by atoms with Crippen molar-refractivity contribution >= 4 is 11.8 Å². The Morgan fingerprint density at radius 1 is 1.10 bits per heavy atom. The minimum atomic E-state index is 0.338. The summed E-state index contributed by atoms with van der Waals surface area (Å²) in [7, 11) is 3.72. The quantitative estimate of drug-likeness (QED) is 0.810. The number of benzene rings is 2. The Morgan fingerprint density at radius 3 is 2.45 bits per heavy atom. The second-order valence-electron chi connectivity index (χ2n) is 4.71. The second-order valence-corrected chi connectivity index (χ2v) is 5.78. The van der Waals surface area contributed by atoms with Crippen LogP contribution in [0.2, 0.25) is 0 Å². The third-order valence-electron chi connectivity index (χ3n) is 3.30. The summed E-state index contributed by atoms with van der Waals surface area (Å²) in [5.74, 6) is 1.91. The summed E-state index contributed by atoms with van der Waals surface area (Å²) < 4.78 is 5.39. The molecule has 0 aliphatic carbocycles. The predicted molar refractivity (Wildman–Crippen MR) is 86.7 cm³/mol. The van der Waals surface area contributed by atoms with Gasteiger partial charge >= 0.3 is 0 Å². The third-order valence-corrected chi connectivity index (χ3v) is 4.45. The van der Waals surface area contributed by atoms with Crippen molar-refractivity contribution in [3.8, 4) is 5.75 Å². The molecule has 0 amide bonds. The molecule has 2 aromatic carbocycles. The summed E-state index contributed by atoms with van der Waals surface area (Å²) >= 11 is 1.82. The molecule has 0 aromatic heterocycles. The van der Waals surface area contributed by atoms with Crippen LogP contribution in [0.1, 0.15) is 17.2 Å². The van der Waals surface area contributed by atoms with Crippen LogP contribution in [0.3, 0.4) is 0 Å². The third kappa shape index (κ3) is 3.78. The average Bonchev–Trinajstić information content (AvgIpc) is 2.50. The second kappa shape index (κ2) is 7.36. The molecule has 2 nitrogen and oxygen atoms in total. The molecular weight excluding hydrogens is 266 g/mol. The summed E-state index contributed by atoms with van der Waals surface area (Å²) in [5, 5.41) is 3.38. The molecule has 1 N–H and O–H groups in total. The van der Waals surface area contributed by atoms with E-state index in [0.717, 1.165) is 11.5 Å². The van der Waals surface area contributed by atoms with Gasteiger partial charge in [0.05, 0.1) is 7.11 Å². The van der Waals surface area contributed by atoms with Gasteiger partial charge < -0.3 is 10.1 Å². The molecule has 0 saturated carbocycles. The SMILES string of the molecule is CNC(CSc1ccccc1OC)c1ccc(C)cc1. The van der Waals surface area contributed by atoms with Gasteiger partial charge in [0.2, 0.25) is 0 Å². The fourth-order valence-corrected chi connectivity index (χ4v) is 3.23. The summed E-state index contributed by atoms with van der Waals surface area (Å²) in [6.07, 6.45) is 0. The van der Waals surface area contributed by atoms with Crippen LogP contribution in [0.25, 0.3) is 0 Å². The van der Waals surface area contributed by atoms with Gasteiger partial charge in [-0.25, -0.2) is 0 Å². The first-order valence-corrected chi connectivity index (χ1v) is 7.73. The average molecular weight is 287 g/mol. The van der Waals surface area contributed by atoms with Crippen molar-refractivity contribution in [3.63, 3.8) is 0 Å². The van der Waals surface area contributed by atoms with Gasteiger partial charge in [0.1, 0.15) is 5.75 Å². The first kappa shape index (κ1) is 14.9. The van der Waals surface area contributed by atoms with Crippen LogP contribution in [0, 0.1) is 6.92 Å². The Bertz CT molecular complexity index is 539. The topological polar surface area (TPSA) is 21.3 Å². The number of methoxy groups -OCH3 is 1. The van der Waals surface area contributed by atoms with Crippen LogP contribution in [0.5, 0.6) is 5.75 Å². The van der Waals surface area contributed by atoms with Crippen molar-refractivity contribution in [1.29, 1.82) is 0 Å². The maximum atomic E-state index is 5.39. The lowest BCUT2D eigenvalue weighted by molar-refractivity contribution is 0.405. The van der Waals surface area contributed by atoms with Gasteiger partial charge in [-0.3, -0.25) is 0 Å². The van der Waals surface area contributed by atoms with E-state index in [0.29, 0.717) is 6.04 Å². The lowest BCUT2D eigenvalue weighted by Gasteiger charge is -2.17. The number of nitrogens with one attached hydrogen (secondary N) is 1. The summed E-state index contributed by atoms with van der Waals surface area (Å²) in [6.45, 7) is 2.11. The summed E-state index contributed by atoms with van der Waals surface area (Å²) in [5.41, 5.74) is 2.61. The van der Waals surface area contributed by atoms with Crippen molar-refractivity contribution in [2.75, 3.05) is 19.9 Å². The molecule has 20 heavy (non-hydrogen) atoms. The van der Waals surface area contributed by atoms with Crippen molar-refractivity contribution in [3.05, 3.63) is 59.7 Å². The van der Waals surface area contributed by atoms with Crippen molar-refractivity contribution in [1.82, 2.24) is 5.32 Å². The first-order chi connectivity index (χ1) is 9.74. The molecule has 1 unspecified atom stereocenters. The molecule has 0 fully saturated rings. The molecule has 0 heterocycles. The molecule has 0 spiro atoms. The van der Waals surface area contributed by atoms with E-state index in [1.54, 1.807) is 7.11 Å². The molecule has 2 rings (SSSR count). The van der Waals surface area contributed by atoms with Crippen molar-refractivity contribution < 1.29 is 4.74 Å². The fourth-order valence-electron chi connectivity index (χ4n) is 2.06. The standard InChI is InChI=1S/C17H21NOS/c1-13-8-10-14(11-9-13)15(18-2)12-20-17-7-5-4-6-16(17)19-3/h4-11,15,18H,12H2,1-3H3. The van der Waals surface area contributed by atoms with Crippen LogP contribution < -0.4 is 10.1 Å². The minimum Gasteiger partial charge on any atom is -0.496 e. The Kier molecular flexibility index (Phi) is 5.50. The molecule has 0 aliphatic rings. The van der Waals surface area contributed by atoms with Crippen molar-refractivity contribution in [2.45, 2.75) is 17.9 Å². The van der Waals surface area contributed by atoms with Crippen LogP contribution in [-0.4, -0.2) is 19.9 Å². The molecule has 0 saturated heterocycles. The maximum Gasteiger partial charge on any atom is 0.132 e. The van der Waals surface area contributed by atoms with Gasteiger partial charge in [-0.05, 0) is 31.7 Å². The van der Waals surface area contributed by atoms with Gasteiger partial charge in [0.15, 0.2) is 0 Å². The van der Waals surface area contributed by atoms with Gasteiger partial charge in [0.25, 0.3) is 0 Å². The number of hydrogen-bond donors (Lipinski definition) is 1. The highest BCUT2D eigenvalue weighted by atomic mass is 32.2. The molecular formula is C17H21NOS. The van der Waals surface area contributed by atoms with Gasteiger partial charge in [-0.2, -0.15) is 0 Å². The van der Waals surface area contributed by atoms with E-state index in [9.17, 15) is 0 Å². The number of thioether (sulfide) groups is 1. The van der Waals surface area contributed by atoms with Crippen molar-refractivity contribution in [2.24, 2.45) is 0 Å². The summed E-state index contributed by atoms with van der Waals surface area (Å²) in [4.78, 5) is 1.18. The van der Waals surface area contributed by atoms with Crippen LogP contribution >= 0.6 is 11.8 Å². The normalized spacial score (nSPS) is 12.2. The molecule has 0 bridgehead atoms. The number of para-hydroxylation sites is 1. The molecule has 106 valence electrons. The van der Waals surface area contributed by atoms with E-state index in [4.69, 9.17) is 4.74 Å². The number of aryl methyl sites for hydroxylation is 1. The lowest BCUT2D eigenvalue weighted by Crippen LogP contribution is -2.18. The lowest BCUT2D eigenvalue weighted by atomic mass is 10.1. The van der Waals surface area contributed by atoms with Crippen LogP contribution in [0.15, 0.2) is 53.4 Å². The van der Waals surface area contributed by atoms with E-state index in [1.807, 2.05) is 37.0 Å². The highest BCUT2D eigenvalue weighted by molar-refractivity contribution is 7.99. The molecule has 0 aliphatic heterocycles. The summed E-state index contributed by atoms with van der Waals surface area (Å²) in [6, 6.07) is 17.2. The van der Waals surface area contributed by atoms with E-state index >= 15 is 0 Å². The Balaban J connectivity index is 2.05. The molecule has 2 aromatic rings. The molecule has 1 atom stereocenters. The Hall–Kier alpha value is -1.45. The highest BCUT2D eigenvalue weighted by Crippen LogP contribution is 2.31. The van der Waals surface area contributed by atoms with Gasteiger partial charge in [-0.1, -0.05) is 42.0 Å². The Labute approximate surface area is 125 Å². The minimum absolute atomic E-state index is 0.338. The zero-order chi connectivity index (χ0) is 14.4. The zero-order valence-corrected chi connectivity index (χ0v) is 13.0. The van der Waals surface area contributed by atoms with E-state index in [1.165, 1.54) is 16.0 Å². The largest absolute Gasteiger partial charge is 0.496 e. The fraction of sp³-hybridized carbons (Fsp3) is 0.294. The molecule has 0 radical (unpaired) electrons. The van der Waals surface area contributed by atoms with E-state index < -0.39 is 0 Å². The molecule has 3 heteroatoms. The maximum absolute atomic E-state index is 5.39.